The number of hydrogen-bond acceptors (Lipinski definition) is 4. The van der Waals surface area contributed by atoms with Gasteiger partial charge in [0.25, 0.3) is 5.91 Å². The lowest BCUT2D eigenvalue weighted by molar-refractivity contribution is 0.0784. The number of nitrogens with zero attached hydrogens (tertiary/aromatic N) is 2. The monoisotopic (exact) mass is 332 g/mol. The third-order valence-corrected chi connectivity index (χ3v) is 3.85. The van der Waals surface area contributed by atoms with Gasteiger partial charge in [-0.15, -0.1) is 0 Å². The standard InChI is InChI=1S/C17H17ClN2O3/c1-20(11-12-3-5-19-6-4-12)17(21)13-9-14(18)16-15(10-13)22-7-2-8-23-16/h3-6,9-10H,2,7-8,11H2,1H3. The Kier molecular flexibility index (Phi) is 4.67. The molecular weight excluding hydrogens is 316 g/mol. The van der Waals surface area contributed by atoms with E-state index in [1.165, 1.54) is 0 Å². The molecule has 1 aromatic heterocycles. The minimum atomic E-state index is -0.126. The zero-order chi connectivity index (χ0) is 16.2. The second-order valence-corrected chi connectivity index (χ2v) is 5.76. The van der Waals surface area contributed by atoms with Gasteiger partial charge in [-0.2, -0.15) is 0 Å². The SMILES string of the molecule is CN(Cc1ccncc1)C(=O)c1cc(Cl)c2c(c1)OCCCO2. The molecule has 1 amide bonds. The second kappa shape index (κ2) is 6.87. The average molecular weight is 333 g/mol. The van der Waals surface area contributed by atoms with Gasteiger partial charge in [-0.05, 0) is 29.8 Å². The highest BCUT2D eigenvalue weighted by atomic mass is 35.5. The Labute approximate surface area is 139 Å². The van der Waals surface area contributed by atoms with E-state index in [1.54, 1.807) is 36.5 Å². The van der Waals surface area contributed by atoms with Gasteiger partial charge >= 0.3 is 0 Å². The molecule has 0 radical (unpaired) electrons. The molecule has 0 saturated heterocycles. The number of benzene rings is 1. The van der Waals surface area contributed by atoms with Crippen LogP contribution in [0.4, 0.5) is 0 Å². The van der Waals surface area contributed by atoms with Crippen LogP contribution in [0.1, 0.15) is 22.3 Å². The van der Waals surface area contributed by atoms with Crippen molar-refractivity contribution in [3.8, 4) is 11.5 Å². The lowest BCUT2D eigenvalue weighted by Crippen LogP contribution is -2.26. The van der Waals surface area contributed by atoms with E-state index in [1.807, 2.05) is 12.1 Å². The Morgan fingerprint density at radius 2 is 2.00 bits per heavy atom. The second-order valence-electron chi connectivity index (χ2n) is 5.35. The third-order valence-electron chi connectivity index (χ3n) is 3.56. The molecule has 0 atom stereocenters. The van der Waals surface area contributed by atoms with Crippen molar-refractivity contribution < 1.29 is 14.3 Å². The number of aromatic nitrogens is 1. The summed E-state index contributed by atoms with van der Waals surface area (Å²) in [5, 5.41) is 0.394. The van der Waals surface area contributed by atoms with Crippen molar-refractivity contribution in [1.29, 1.82) is 0 Å². The Morgan fingerprint density at radius 3 is 2.78 bits per heavy atom. The van der Waals surface area contributed by atoms with Crippen molar-refractivity contribution in [2.45, 2.75) is 13.0 Å². The van der Waals surface area contributed by atoms with Gasteiger partial charge in [0.05, 0.1) is 18.2 Å². The fourth-order valence-electron chi connectivity index (χ4n) is 2.41. The van der Waals surface area contributed by atoms with Gasteiger partial charge in [-0.3, -0.25) is 9.78 Å². The van der Waals surface area contributed by atoms with E-state index in [2.05, 4.69) is 4.98 Å². The molecule has 120 valence electrons. The summed E-state index contributed by atoms with van der Waals surface area (Å²) >= 11 is 6.24. The van der Waals surface area contributed by atoms with Gasteiger partial charge in [0.1, 0.15) is 0 Å². The predicted molar refractivity (Wildman–Crippen MR) is 87.1 cm³/mol. The molecule has 0 spiro atoms. The van der Waals surface area contributed by atoms with Crippen LogP contribution in [0.5, 0.6) is 11.5 Å². The summed E-state index contributed by atoms with van der Waals surface area (Å²) in [6.07, 6.45) is 4.20. The van der Waals surface area contributed by atoms with Crippen LogP contribution in [-0.4, -0.2) is 36.1 Å². The Bertz CT molecular complexity index is 706. The van der Waals surface area contributed by atoms with Crippen LogP contribution < -0.4 is 9.47 Å². The summed E-state index contributed by atoms with van der Waals surface area (Å²) in [5.74, 6) is 0.910. The summed E-state index contributed by atoms with van der Waals surface area (Å²) in [4.78, 5) is 18.2. The molecular formula is C17H17ClN2O3. The first-order chi connectivity index (χ1) is 11.1. The van der Waals surface area contributed by atoms with Gasteiger partial charge in [-0.1, -0.05) is 11.6 Å². The van der Waals surface area contributed by atoms with Crippen LogP contribution in [-0.2, 0) is 6.54 Å². The lowest BCUT2D eigenvalue weighted by atomic mass is 10.1. The van der Waals surface area contributed by atoms with Crippen LogP contribution >= 0.6 is 11.6 Å². The number of amides is 1. The molecule has 1 aliphatic rings. The minimum Gasteiger partial charge on any atom is -0.489 e. The zero-order valence-electron chi connectivity index (χ0n) is 12.8. The largest absolute Gasteiger partial charge is 0.489 e. The molecule has 0 fully saturated rings. The van der Waals surface area contributed by atoms with Gasteiger partial charge in [0, 0.05) is 38.0 Å². The van der Waals surface area contributed by atoms with Crippen LogP contribution in [0.15, 0.2) is 36.7 Å². The van der Waals surface area contributed by atoms with Gasteiger partial charge in [0.15, 0.2) is 11.5 Å². The molecule has 5 nitrogen and oxygen atoms in total. The molecule has 1 aromatic carbocycles. The van der Waals surface area contributed by atoms with Crippen LogP contribution in [0, 0.1) is 0 Å². The quantitative estimate of drug-likeness (QED) is 0.866. The fraction of sp³-hybridized carbons (Fsp3) is 0.294. The molecule has 0 N–H and O–H groups in total. The van der Waals surface area contributed by atoms with Gasteiger partial charge in [0.2, 0.25) is 0 Å². The minimum absolute atomic E-state index is 0.126. The molecule has 0 bridgehead atoms. The molecule has 6 heteroatoms. The summed E-state index contributed by atoms with van der Waals surface area (Å²) in [6.45, 7) is 1.60. The number of carbonyl (C=O) groups is 1. The summed E-state index contributed by atoms with van der Waals surface area (Å²) < 4.78 is 11.2. The number of rotatable bonds is 3. The van der Waals surface area contributed by atoms with Crippen LogP contribution in [0.25, 0.3) is 0 Å². The summed E-state index contributed by atoms with van der Waals surface area (Å²) in [6, 6.07) is 7.08. The Hall–Kier alpha value is -2.27. The maximum atomic E-state index is 12.6. The summed E-state index contributed by atoms with van der Waals surface area (Å²) in [7, 11) is 1.75. The highest BCUT2D eigenvalue weighted by Crippen LogP contribution is 2.38. The normalized spacial score (nSPS) is 13.3. The van der Waals surface area contributed by atoms with Crippen LogP contribution in [0.2, 0.25) is 5.02 Å². The highest BCUT2D eigenvalue weighted by Gasteiger charge is 2.20. The van der Waals surface area contributed by atoms with E-state index >= 15 is 0 Å². The topological polar surface area (TPSA) is 51.7 Å². The number of hydrogen-bond donors (Lipinski definition) is 0. The highest BCUT2D eigenvalue weighted by molar-refractivity contribution is 6.32. The molecule has 2 heterocycles. The third kappa shape index (κ3) is 3.56. The van der Waals surface area contributed by atoms with Gasteiger partial charge < -0.3 is 14.4 Å². The number of fused-ring (bicyclic) bond motifs is 1. The average Bonchev–Trinajstić information content (AvgIpc) is 2.80. The Balaban J connectivity index is 1.82. The fourth-order valence-corrected chi connectivity index (χ4v) is 2.67. The number of ether oxygens (including phenoxy) is 2. The van der Waals surface area contributed by atoms with Gasteiger partial charge in [-0.25, -0.2) is 0 Å². The van der Waals surface area contributed by atoms with E-state index < -0.39 is 0 Å². The molecule has 0 aliphatic carbocycles. The molecule has 1 aliphatic heterocycles. The van der Waals surface area contributed by atoms with Crippen molar-refractivity contribution in [2.24, 2.45) is 0 Å². The smallest absolute Gasteiger partial charge is 0.254 e. The van der Waals surface area contributed by atoms with E-state index in [4.69, 9.17) is 21.1 Å². The zero-order valence-corrected chi connectivity index (χ0v) is 13.5. The number of carbonyl (C=O) groups excluding carboxylic acids is 1. The molecule has 23 heavy (non-hydrogen) atoms. The van der Waals surface area contributed by atoms with Crippen molar-refractivity contribution in [2.75, 3.05) is 20.3 Å². The van der Waals surface area contributed by atoms with E-state index in [0.717, 1.165) is 12.0 Å². The molecule has 3 rings (SSSR count). The first-order valence-corrected chi connectivity index (χ1v) is 7.76. The molecule has 0 unspecified atom stereocenters. The predicted octanol–water partition coefficient (Wildman–Crippen LogP) is 3.17. The maximum absolute atomic E-state index is 12.6. The molecule has 2 aromatic rings. The maximum Gasteiger partial charge on any atom is 0.254 e. The number of halogens is 1. The van der Waals surface area contributed by atoms with E-state index in [-0.39, 0.29) is 5.91 Å². The van der Waals surface area contributed by atoms with E-state index in [0.29, 0.717) is 41.8 Å². The van der Waals surface area contributed by atoms with Crippen molar-refractivity contribution in [1.82, 2.24) is 9.88 Å². The molecule has 0 saturated carbocycles. The lowest BCUT2D eigenvalue weighted by Gasteiger charge is -2.18. The first-order valence-electron chi connectivity index (χ1n) is 7.38. The number of pyridine rings is 1. The first kappa shape index (κ1) is 15.6. The van der Waals surface area contributed by atoms with E-state index in [9.17, 15) is 4.79 Å². The summed E-state index contributed by atoms with van der Waals surface area (Å²) in [5.41, 5.74) is 1.49. The van der Waals surface area contributed by atoms with Crippen molar-refractivity contribution in [3.05, 3.63) is 52.8 Å². The van der Waals surface area contributed by atoms with Crippen molar-refractivity contribution in [3.63, 3.8) is 0 Å². The van der Waals surface area contributed by atoms with Crippen molar-refractivity contribution >= 4 is 17.5 Å². The Morgan fingerprint density at radius 1 is 1.26 bits per heavy atom. The van der Waals surface area contributed by atoms with Crippen LogP contribution in [0.3, 0.4) is 0 Å².